The lowest BCUT2D eigenvalue weighted by atomic mass is 9.80. The van der Waals surface area contributed by atoms with Gasteiger partial charge in [0, 0.05) is 7.05 Å². The average Bonchev–Trinajstić information content (AvgIpc) is 2.85. The second-order valence-electron chi connectivity index (χ2n) is 4.80. The summed E-state index contributed by atoms with van der Waals surface area (Å²) >= 11 is 0. The van der Waals surface area contributed by atoms with Gasteiger partial charge in [-0.3, -0.25) is 14.0 Å². The molecule has 0 aliphatic rings. The maximum atomic E-state index is 12.3. The maximum absolute atomic E-state index is 12.3. The average molecular weight is 284 g/mol. The monoisotopic (exact) mass is 284 g/mol. The zero-order valence-electron chi connectivity index (χ0n) is 11.3. The summed E-state index contributed by atoms with van der Waals surface area (Å²) in [6, 6.07) is 6.71. The first-order valence-electron chi connectivity index (χ1n) is 6.38. The molecule has 2 aromatic heterocycles. The Labute approximate surface area is 120 Å². The summed E-state index contributed by atoms with van der Waals surface area (Å²) < 4.78 is 3.05. The van der Waals surface area contributed by atoms with Crippen LogP contribution < -0.4 is 11.0 Å². The Hall–Kier alpha value is -2.45. The van der Waals surface area contributed by atoms with E-state index in [9.17, 15) is 4.79 Å². The van der Waals surface area contributed by atoms with Crippen molar-refractivity contribution in [1.29, 1.82) is 0 Å². The predicted molar refractivity (Wildman–Crippen MR) is 78.1 cm³/mol. The number of aryl methyl sites for hydroxylation is 1. The third kappa shape index (κ3) is 2.46. The van der Waals surface area contributed by atoms with E-state index in [-0.39, 0.29) is 5.56 Å². The van der Waals surface area contributed by atoms with Crippen LogP contribution in [0.25, 0.3) is 11.0 Å². The fourth-order valence-corrected chi connectivity index (χ4v) is 2.17. The molecule has 21 heavy (non-hydrogen) atoms. The van der Waals surface area contributed by atoms with E-state index in [1.54, 1.807) is 36.0 Å². The van der Waals surface area contributed by atoms with Crippen molar-refractivity contribution in [2.24, 2.45) is 7.05 Å². The topological polar surface area (TPSA) is 93.2 Å². The smallest absolute Gasteiger partial charge is 0.423 e. The Morgan fingerprint density at radius 1 is 1.24 bits per heavy atom. The number of hydrogen-bond acceptors (Lipinski definition) is 5. The van der Waals surface area contributed by atoms with E-state index < -0.39 is 7.12 Å². The lowest BCUT2D eigenvalue weighted by molar-refractivity contribution is 0.426. The molecule has 0 unspecified atom stereocenters. The van der Waals surface area contributed by atoms with Crippen LogP contribution >= 0.6 is 0 Å². The molecule has 0 amide bonds. The van der Waals surface area contributed by atoms with Crippen molar-refractivity contribution in [2.45, 2.75) is 6.54 Å². The molecule has 0 fully saturated rings. The van der Waals surface area contributed by atoms with Crippen molar-refractivity contribution in [3.63, 3.8) is 0 Å². The van der Waals surface area contributed by atoms with Gasteiger partial charge in [0.25, 0.3) is 5.56 Å². The highest BCUT2D eigenvalue weighted by atomic mass is 16.4. The van der Waals surface area contributed by atoms with E-state index in [1.165, 1.54) is 17.1 Å². The lowest BCUT2D eigenvalue weighted by Crippen LogP contribution is -2.29. The molecule has 8 heteroatoms. The first-order valence-corrected chi connectivity index (χ1v) is 6.38. The van der Waals surface area contributed by atoms with Gasteiger partial charge in [-0.25, -0.2) is 4.98 Å². The van der Waals surface area contributed by atoms with Gasteiger partial charge >= 0.3 is 7.12 Å². The number of nitrogens with zero attached hydrogens (tertiary/aromatic N) is 4. The molecule has 0 spiro atoms. The molecule has 106 valence electrons. The number of rotatable bonds is 3. The van der Waals surface area contributed by atoms with E-state index >= 15 is 0 Å². The van der Waals surface area contributed by atoms with Gasteiger partial charge in [-0.1, -0.05) is 24.3 Å². The van der Waals surface area contributed by atoms with Crippen LogP contribution in [0.2, 0.25) is 0 Å². The summed E-state index contributed by atoms with van der Waals surface area (Å²) in [6.45, 7) is 0.360. The molecule has 3 rings (SSSR count). The predicted octanol–water partition coefficient (Wildman–Crippen LogP) is -1.14. The minimum atomic E-state index is -1.49. The highest BCUT2D eigenvalue weighted by Crippen LogP contribution is 2.05. The van der Waals surface area contributed by atoms with Gasteiger partial charge in [0.15, 0.2) is 5.65 Å². The molecule has 7 nitrogen and oxygen atoms in total. The zero-order chi connectivity index (χ0) is 15.0. The molecule has 0 atom stereocenters. The number of fused-ring (bicyclic) bond motifs is 1. The Morgan fingerprint density at radius 3 is 2.62 bits per heavy atom. The minimum absolute atomic E-state index is 0.153. The largest absolute Gasteiger partial charge is 0.488 e. The van der Waals surface area contributed by atoms with Crippen LogP contribution in [-0.4, -0.2) is 36.5 Å². The summed E-state index contributed by atoms with van der Waals surface area (Å²) in [5.41, 5.74) is 1.67. The highest BCUT2D eigenvalue weighted by Gasteiger charge is 2.11. The van der Waals surface area contributed by atoms with Crippen molar-refractivity contribution in [3.05, 3.63) is 52.7 Å². The first kappa shape index (κ1) is 13.5. The molecule has 0 radical (unpaired) electrons. The summed E-state index contributed by atoms with van der Waals surface area (Å²) in [4.78, 5) is 16.5. The van der Waals surface area contributed by atoms with E-state index in [0.717, 1.165) is 5.56 Å². The summed E-state index contributed by atoms with van der Waals surface area (Å²) in [7, 11) is 0.244. The van der Waals surface area contributed by atoms with Crippen LogP contribution in [0.1, 0.15) is 5.56 Å². The summed E-state index contributed by atoms with van der Waals surface area (Å²) in [6.07, 6.45) is 2.99. The Kier molecular flexibility index (Phi) is 3.32. The molecule has 0 saturated heterocycles. The maximum Gasteiger partial charge on any atom is 0.488 e. The van der Waals surface area contributed by atoms with Crippen molar-refractivity contribution in [3.8, 4) is 0 Å². The summed E-state index contributed by atoms with van der Waals surface area (Å²) in [5.74, 6) is 0. The van der Waals surface area contributed by atoms with Crippen LogP contribution in [0.3, 0.4) is 0 Å². The van der Waals surface area contributed by atoms with E-state index in [1.807, 2.05) is 0 Å². The second-order valence-corrected chi connectivity index (χ2v) is 4.80. The molecule has 2 N–H and O–H groups in total. The van der Waals surface area contributed by atoms with Crippen LogP contribution in [0.5, 0.6) is 0 Å². The lowest BCUT2D eigenvalue weighted by Gasteiger charge is -2.06. The molecule has 0 aliphatic carbocycles. The van der Waals surface area contributed by atoms with Gasteiger partial charge in [0.05, 0.1) is 12.7 Å². The molecule has 0 aliphatic heterocycles. The standard InChI is InChI=1S/C13H13BN4O3/c1-17-12-11(6-16-17)13(19)18(8-15-12)7-9-2-4-10(5-3-9)14(20)21/h2-6,8,20-21H,7H2,1H3. The third-order valence-electron chi connectivity index (χ3n) is 3.35. The van der Waals surface area contributed by atoms with Crippen molar-refractivity contribution in [1.82, 2.24) is 19.3 Å². The molecular weight excluding hydrogens is 271 g/mol. The SMILES string of the molecule is Cn1ncc2c(=O)n(Cc3ccc(B(O)O)cc3)cnc21. The quantitative estimate of drug-likeness (QED) is 0.593. The Morgan fingerprint density at radius 2 is 1.95 bits per heavy atom. The molecular formula is C13H13BN4O3. The van der Waals surface area contributed by atoms with Crippen LogP contribution in [-0.2, 0) is 13.6 Å². The van der Waals surface area contributed by atoms with Gasteiger partial charge < -0.3 is 10.0 Å². The molecule has 1 aromatic carbocycles. The van der Waals surface area contributed by atoms with Crippen LogP contribution in [0, 0.1) is 0 Å². The molecule has 0 bridgehead atoms. The van der Waals surface area contributed by atoms with E-state index in [4.69, 9.17) is 10.0 Å². The number of benzene rings is 1. The Balaban J connectivity index is 1.94. The number of hydrogen-bond donors (Lipinski definition) is 2. The second kappa shape index (κ2) is 5.15. The molecule has 0 saturated carbocycles. The fraction of sp³-hybridized carbons (Fsp3) is 0.154. The van der Waals surface area contributed by atoms with Crippen molar-refractivity contribution in [2.75, 3.05) is 0 Å². The van der Waals surface area contributed by atoms with Crippen LogP contribution in [0.15, 0.2) is 41.6 Å². The highest BCUT2D eigenvalue weighted by molar-refractivity contribution is 6.58. The van der Waals surface area contributed by atoms with Gasteiger partial charge in [0.1, 0.15) is 11.7 Å². The zero-order valence-corrected chi connectivity index (χ0v) is 11.3. The van der Waals surface area contributed by atoms with Gasteiger partial charge in [0.2, 0.25) is 0 Å². The van der Waals surface area contributed by atoms with Gasteiger partial charge in [-0.05, 0) is 11.0 Å². The summed E-state index contributed by atoms with van der Waals surface area (Å²) in [5, 5.41) is 22.6. The van der Waals surface area contributed by atoms with E-state index in [0.29, 0.717) is 23.0 Å². The number of aromatic nitrogens is 4. The van der Waals surface area contributed by atoms with Crippen LogP contribution in [0.4, 0.5) is 0 Å². The normalized spacial score (nSPS) is 11.0. The van der Waals surface area contributed by atoms with E-state index in [2.05, 4.69) is 10.1 Å². The Bertz CT molecular complexity index is 839. The molecule has 2 heterocycles. The van der Waals surface area contributed by atoms with Gasteiger partial charge in [-0.2, -0.15) is 5.10 Å². The minimum Gasteiger partial charge on any atom is -0.423 e. The van der Waals surface area contributed by atoms with Crippen molar-refractivity contribution >= 4 is 23.6 Å². The first-order chi connectivity index (χ1) is 10.1. The van der Waals surface area contributed by atoms with Crippen molar-refractivity contribution < 1.29 is 10.0 Å². The molecule has 3 aromatic rings. The third-order valence-corrected chi connectivity index (χ3v) is 3.35. The fourth-order valence-electron chi connectivity index (χ4n) is 2.17. The van der Waals surface area contributed by atoms with Gasteiger partial charge in [-0.15, -0.1) is 0 Å².